The van der Waals surface area contributed by atoms with Crippen LogP contribution in [0.25, 0.3) is 0 Å². The van der Waals surface area contributed by atoms with Crippen LogP contribution in [0.15, 0.2) is 0 Å². The van der Waals surface area contributed by atoms with Gasteiger partial charge < -0.3 is 5.73 Å². The smallest absolute Gasteiger partial charge is 0.0853 e. The number of nitrogens with one attached hydrogen (secondary N) is 1. The van der Waals surface area contributed by atoms with Crippen LogP contribution in [0.3, 0.4) is 0 Å². The molecule has 3 nitrogen and oxygen atoms in total. The van der Waals surface area contributed by atoms with Gasteiger partial charge in [0.15, 0.2) is 0 Å². The Balaban J connectivity index is 3.11. The summed E-state index contributed by atoms with van der Waals surface area (Å²) in [4.78, 5) is 0. The highest BCUT2D eigenvalue weighted by Gasteiger charge is 2.01. The van der Waals surface area contributed by atoms with Gasteiger partial charge in [-0.2, -0.15) is 5.43 Å². The van der Waals surface area contributed by atoms with Crippen LogP contribution < -0.4 is 11.2 Å². The molecule has 0 aromatic heterocycles. The van der Waals surface area contributed by atoms with E-state index in [2.05, 4.69) is 26.6 Å². The van der Waals surface area contributed by atoms with Gasteiger partial charge in [-0.1, -0.05) is 0 Å². The molecule has 3 N–H and O–H groups in total. The Morgan fingerprint density at radius 3 is 2.00 bits per heavy atom. The quantitative estimate of drug-likeness (QED) is 0.374. The third-order valence-electron chi connectivity index (χ3n) is 0.730. The number of nitrogens with two attached hydrogens (primary N) is 1. The summed E-state index contributed by atoms with van der Waals surface area (Å²) >= 11 is 0. The fraction of sp³-hybridized carbons (Fsp3) is 1.00. The largest absolute Gasteiger partial charge is 0.329 e. The summed E-state index contributed by atoms with van der Waals surface area (Å²) < 4.78 is 0.775. The first-order valence-electron chi connectivity index (χ1n) is 2.83. The molecule has 0 fully saturated rings. The molecule has 0 aliphatic carbocycles. The first-order valence-corrected chi connectivity index (χ1v) is 2.83. The minimum absolute atomic E-state index is 0.704. The zero-order chi connectivity index (χ0) is 6.62. The molecule has 0 amide bonds. The van der Waals surface area contributed by atoms with E-state index >= 15 is 0 Å². The van der Waals surface area contributed by atoms with Gasteiger partial charge in [0.05, 0.1) is 27.7 Å². The van der Waals surface area contributed by atoms with Gasteiger partial charge >= 0.3 is 0 Å². The predicted molar refractivity (Wildman–Crippen MR) is 35.1 cm³/mol. The Morgan fingerprint density at radius 2 is 1.88 bits per heavy atom. The van der Waals surface area contributed by atoms with Crippen LogP contribution in [0.5, 0.6) is 0 Å². The highest BCUT2D eigenvalue weighted by atomic mass is 15.6. The van der Waals surface area contributed by atoms with Gasteiger partial charge in [-0.25, -0.2) is 0 Å². The summed E-state index contributed by atoms with van der Waals surface area (Å²) in [5.41, 5.74) is 8.45. The number of quaternary nitrogens is 1. The van der Waals surface area contributed by atoms with Crippen LogP contribution in [0, 0.1) is 0 Å². The lowest BCUT2D eigenvalue weighted by Gasteiger charge is -2.23. The topological polar surface area (TPSA) is 38.0 Å². The van der Waals surface area contributed by atoms with E-state index in [9.17, 15) is 0 Å². The number of nitrogens with zero attached hydrogens (tertiary/aromatic N) is 1. The van der Waals surface area contributed by atoms with Crippen molar-refractivity contribution < 1.29 is 4.59 Å². The van der Waals surface area contributed by atoms with E-state index in [-0.39, 0.29) is 0 Å². The zero-order valence-corrected chi connectivity index (χ0v) is 5.94. The minimum Gasteiger partial charge on any atom is -0.329 e. The highest BCUT2D eigenvalue weighted by molar-refractivity contribution is 4.30. The minimum atomic E-state index is 0.704. The SMILES string of the molecule is C[N+](C)(C)NCCN. The van der Waals surface area contributed by atoms with E-state index in [0.717, 1.165) is 11.1 Å². The van der Waals surface area contributed by atoms with Gasteiger partial charge in [-0.3, -0.25) is 4.59 Å². The van der Waals surface area contributed by atoms with Crippen LogP contribution in [-0.2, 0) is 0 Å². The first-order chi connectivity index (χ1) is 3.56. The van der Waals surface area contributed by atoms with Gasteiger partial charge in [-0.05, 0) is 0 Å². The monoisotopic (exact) mass is 118 g/mol. The van der Waals surface area contributed by atoms with E-state index in [1.165, 1.54) is 0 Å². The molecule has 0 unspecified atom stereocenters. The van der Waals surface area contributed by atoms with E-state index < -0.39 is 0 Å². The van der Waals surface area contributed by atoms with Gasteiger partial charge in [0.25, 0.3) is 0 Å². The van der Waals surface area contributed by atoms with Crippen molar-refractivity contribution in [2.45, 2.75) is 0 Å². The van der Waals surface area contributed by atoms with Crippen molar-refractivity contribution in [1.29, 1.82) is 0 Å². The Labute approximate surface area is 51.0 Å². The molecule has 0 spiro atoms. The van der Waals surface area contributed by atoms with Crippen molar-refractivity contribution >= 4 is 0 Å². The molecule has 3 heteroatoms. The maximum Gasteiger partial charge on any atom is 0.0853 e. The van der Waals surface area contributed by atoms with Crippen LogP contribution in [0.1, 0.15) is 0 Å². The molecule has 0 radical (unpaired) electrons. The molecule has 8 heavy (non-hydrogen) atoms. The average Bonchev–Trinajstić information content (AvgIpc) is 1.59. The fourth-order valence-electron chi connectivity index (χ4n) is 0.400. The normalized spacial score (nSPS) is 12.0. The van der Waals surface area contributed by atoms with Gasteiger partial charge in [-0.15, -0.1) is 0 Å². The Kier molecular flexibility index (Phi) is 2.97. The summed E-state index contributed by atoms with van der Waals surface area (Å²) in [6.07, 6.45) is 0. The maximum absolute atomic E-state index is 5.26. The Morgan fingerprint density at radius 1 is 1.38 bits per heavy atom. The highest BCUT2D eigenvalue weighted by Crippen LogP contribution is 1.77. The predicted octanol–water partition coefficient (Wildman–Crippen LogP) is -0.844. The molecule has 0 heterocycles. The third-order valence-corrected chi connectivity index (χ3v) is 0.730. The lowest BCUT2D eigenvalue weighted by atomic mass is 10.7. The lowest BCUT2D eigenvalue weighted by Crippen LogP contribution is -2.49. The Bertz CT molecular complexity index is 55.2. The van der Waals surface area contributed by atoms with Crippen molar-refractivity contribution in [2.75, 3.05) is 34.2 Å². The molecule has 0 atom stereocenters. The van der Waals surface area contributed by atoms with Crippen molar-refractivity contribution in [3.05, 3.63) is 0 Å². The number of rotatable bonds is 3. The van der Waals surface area contributed by atoms with Crippen LogP contribution in [0.2, 0.25) is 0 Å². The van der Waals surface area contributed by atoms with E-state index in [4.69, 9.17) is 5.73 Å². The zero-order valence-electron chi connectivity index (χ0n) is 5.94. The molecule has 0 saturated carbocycles. The molecule has 0 aromatic carbocycles. The molecule has 0 bridgehead atoms. The lowest BCUT2D eigenvalue weighted by molar-refractivity contribution is -0.915. The van der Waals surface area contributed by atoms with E-state index in [1.807, 2.05) is 0 Å². The third kappa shape index (κ3) is 5.88. The van der Waals surface area contributed by atoms with E-state index in [0.29, 0.717) is 6.54 Å². The summed E-state index contributed by atoms with van der Waals surface area (Å²) in [5, 5.41) is 0. The summed E-state index contributed by atoms with van der Waals surface area (Å²) in [7, 11) is 6.20. The summed E-state index contributed by atoms with van der Waals surface area (Å²) in [6, 6.07) is 0. The number of hydrogen-bond donors (Lipinski definition) is 2. The molecular weight excluding hydrogens is 102 g/mol. The summed E-state index contributed by atoms with van der Waals surface area (Å²) in [6.45, 7) is 1.58. The fourth-order valence-corrected chi connectivity index (χ4v) is 0.400. The van der Waals surface area contributed by atoms with Crippen molar-refractivity contribution in [1.82, 2.24) is 5.43 Å². The standard InChI is InChI=1S/C5H16N3/c1-8(2,3)7-5-4-6/h7H,4-6H2,1-3H3/q+1. The maximum atomic E-state index is 5.26. The number of hydrogen-bond acceptors (Lipinski definition) is 2. The molecule has 0 aliphatic heterocycles. The molecular formula is C5H16N3+. The molecule has 0 aromatic rings. The molecule has 50 valence electrons. The second-order valence-electron chi connectivity index (χ2n) is 2.71. The van der Waals surface area contributed by atoms with Gasteiger partial charge in [0.1, 0.15) is 0 Å². The van der Waals surface area contributed by atoms with Crippen LogP contribution >= 0.6 is 0 Å². The van der Waals surface area contributed by atoms with Gasteiger partial charge in [0.2, 0.25) is 0 Å². The second-order valence-corrected chi connectivity index (χ2v) is 2.71. The van der Waals surface area contributed by atoms with Crippen molar-refractivity contribution in [2.24, 2.45) is 5.73 Å². The average molecular weight is 118 g/mol. The second kappa shape index (κ2) is 3.02. The van der Waals surface area contributed by atoms with Gasteiger partial charge in [0, 0.05) is 6.54 Å². The van der Waals surface area contributed by atoms with Crippen LogP contribution in [-0.4, -0.2) is 38.8 Å². The molecule has 0 saturated heterocycles. The van der Waals surface area contributed by atoms with Crippen molar-refractivity contribution in [3.8, 4) is 0 Å². The first kappa shape index (κ1) is 7.88. The van der Waals surface area contributed by atoms with E-state index in [1.54, 1.807) is 0 Å². The van der Waals surface area contributed by atoms with Crippen LogP contribution in [0.4, 0.5) is 0 Å². The van der Waals surface area contributed by atoms with Crippen molar-refractivity contribution in [3.63, 3.8) is 0 Å². The molecule has 0 aliphatic rings. The molecule has 0 rings (SSSR count). The summed E-state index contributed by atoms with van der Waals surface area (Å²) in [5.74, 6) is 0. The Hall–Kier alpha value is -0.120.